The first-order chi connectivity index (χ1) is 12.7. The van der Waals surface area contributed by atoms with E-state index in [2.05, 4.69) is 15.5 Å². The van der Waals surface area contributed by atoms with Crippen LogP contribution in [-0.2, 0) is 4.79 Å². The second-order valence-corrected chi connectivity index (χ2v) is 5.82. The van der Waals surface area contributed by atoms with Crippen LogP contribution in [0, 0.1) is 6.92 Å². The number of furan rings is 1. The topological polar surface area (TPSA) is 73.0 Å². The van der Waals surface area contributed by atoms with Crippen LogP contribution in [0.2, 0.25) is 0 Å². The zero-order valence-corrected chi connectivity index (χ0v) is 14.1. The lowest BCUT2D eigenvalue weighted by Crippen LogP contribution is -2.08. The Morgan fingerprint density at radius 2 is 1.85 bits per heavy atom. The van der Waals surface area contributed by atoms with Crippen LogP contribution in [0.25, 0.3) is 22.8 Å². The summed E-state index contributed by atoms with van der Waals surface area (Å²) < 4.78 is 5.17. The van der Waals surface area contributed by atoms with E-state index in [1.54, 1.807) is 29.3 Å². The third kappa shape index (κ3) is 3.25. The van der Waals surface area contributed by atoms with Crippen molar-refractivity contribution in [2.45, 2.75) is 6.92 Å². The van der Waals surface area contributed by atoms with E-state index in [0.717, 1.165) is 16.8 Å². The number of fused-ring (bicyclic) bond motifs is 1. The first-order valence-corrected chi connectivity index (χ1v) is 8.15. The van der Waals surface area contributed by atoms with Crippen LogP contribution < -0.4 is 5.32 Å². The molecule has 1 amide bonds. The van der Waals surface area contributed by atoms with Crippen molar-refractivity contribution < 1.29 is 9.21 Å². The number of carbonyl (C=O) groups excluding carboxylic acids is 1. The fourth-order valence-corrected chi connectivity index (χ4v) is 2.60. The molecule has 0 spiro atoms. The number of hydrogen-bond acceptors (Lipinski definition) is 4. The molecule has 26 heavy (non-hydrogen) atoms. The number of rotatable bonds is 4. The molecule has 2 aromatic carbocycles. The van der Waals surface area contributed by atoms with Gasteiger partial charge in [-0.3, -0.25) is 4.79 Å². The highest BCUT2D eigenvalue weighted by molar-refractivity contribution is 6.03. The van der Waals surface area contributed by atoms with E-state index < -0.39 is 0 Å². The molecule has 0 bridgehead atoms. The number of aromatic nitrogens is 3. The fourth-order valence-electron chi connectivity index (χ4n) is 2.60. The maximum atomic E-state index is 12.1. The van der Waals surface area contributed by atoms with E-state index >= 15 is 0 Å². The van der Waals surface area contributed by atoms with Crippen molar-refractivity contribution in [2.75, 3.05) is 5.32 Å². The van der Waals surface area contributed by atoms with Crippen molar-refractivity contribution >= 4 is 28.7 Å². The number of nitrogens with zero attached hydrogens (tertiary/aromatic N) is 3. The molecule has 0 atom stereocenters. The Labute approximate surface area is 149 Å². The number of benzene rings is 2. The van der Waals surface area contributed by atoms with Crippen molar-refractivity contribution in [1.29, 1.82) is 0 Å². The normalized spacial score (nSPS) is 11.3. The smallest absolute Gasteiger partial charge is 0.248 e. The van der Waals surface area contributed by atoms with Crippen LogP contribution in [0.3, 0.4) is 0 Å². The minimum Gasteiger partial charge on any atom is -0.465 e. The van der Waals surface area contributed by atoms with Crippen molar-refractivity contribution in [3.05, 3.63) is 78.3 Å². The summed E-state index contributed by atoms with van der Waals surface area (Å²) in [7, 11) is 0. The molecular formula is C20H16N4O2. The van der Waals surface area contributed by atoms with Crippen LogP contribution in [0.1, 0.15) is 11.3 Å². The Hall–Kier alpha value is -3.67. The second kappa shape index (κ2) is 6.68. The number of nitrogens with one attached hydrogen (secondary N) is 1. The molecule has 0 aliphatic carbocycles. The van der Waals surface area contributed by atoms with Crippen LogP contribution in [-0.4, -0.2) is 20.9 Å². The summed E-state index contributed by atoms with van der Waals surface area (Å²) in [5.41, 5.74) is 3.98. The molecule has 0 unspecified atom stereocenters. The van der Waals surface area contributed by atoms with Gasteiger partial charge in [-0.05, 0) is 55.0 Å². The largest absolute Gasteiger partial charge is 0.465 e. The molecule has 2 heterocycles. The van der Waals surface area contributed by atoms with E-state index in [4.69, 9.17) is 4.42 Å². The van der Waals surface area contributed by atoms with Gasteiger partial charge in [0, 0.05) is 11.8 Å². The highest BCUT2D eigenvalue weighted by atomic mass is 16.3. The van der Waals surface area contributed by atoms with Crippen molar-refractivity contribution in [3.63, 3.8) is 0 Å². The molecule has 0 saturated heterocycles. The highest BCUT2D eigenvalue weighted by Gasteiger charge is 2.09. The molecule has 2 aromatic heterocycles. The number of para-hydroxylation sites is 1. The molecule has 6 nitrogen and oxygen atoms in total. The fraction of sp³-hybridized carbons (Fsp3) is 0.0500. The molecule has 4 aromatic rings. The average Bonchev–Trinajstić information content (AvgIpc) is 3.30. The second-order valence-electron chi connectivity index (χ2n) is 5.82. The third-order valence-electron chi connectivity index (χ3n) is 3.91. The molecule has 0 saturated carbocycles. The summed E-state index contributed by atoms with van der Waals surface area (Å²) in [6, 6.07) is 17.0. The Balaban J connectivity index is 1.59. The van der Waals surface area contributed by atoms with Crippen molar-refractivity contribution in [1.82, 2.24) is 15.0 Å². The molecule has 0 fully saturated rings. The van der Waals surface area contributed by atoms with Gasteiger partial charge in [0.15, 0.2) is 0 Å². The van der Waals surface area contributed by atoms with Crippen molar-refractivity contribution in [3.8, 4) is 5.69 Å². The summed E-state index contributed by atoms with van der Waals surface area (Å²) in [6.07, 6.45) is 4.61. The molecule has 0 aliphatic rings. The average molecular weight is 344 g/mol. The lowest BCUT2D eigenvalue weighted by atomic mass is 10.1. The van der Waals surface area contributed by atoms with Gasteiger partial charge in [0.25, 0.3) is 0 Å². The number of hydrogen-bond donors (Lipinski definition) is 1. The van der Waals surface area contributed by atoms with E-state index in [-0.39, 0.29) is 5.91 Å². The van der Waals surface area contributed by atoms with Crippen LogP contribution in [0.15, 0.2) is 71.4 Å². The molecule has 0 radical (unpaired) electrons. The predicted molar refractivity (Wildman–Crippen MR) is 100.0 cm³/mol. The molecule has 128 valence electrons. The first-order valence-electron chi connectivity index (χ1n) is 8.15. The van der Waals surface area contributed by atoms with Gasteiger partial charge in [-0.25, -0.2) is 0 Å². The third-order valence-corrected chi connectivity index (χ3v) is 3.91. The van der Waals surface area contributed by atoms with E-state index in [1.165, 1.54) is 6.08 Å². The molecular weight excluding hydrogens is 328 g/mol. The minimum atomic E-state index is -0.237. The Bertz CT molecular complexity index is 1080. The van der Waals surface area contributed by atoms with E-state index in [0.29, 0.717) is 17.0 Å². The van der Waals surface area contributed by atoms with Gasteiger partial charge >= 0.3 is 0 Å². The van der Waals surface area contributed by atoms with E-state index in [1.807, 2.05) is 49.4 Å². The van der Waals surface area contributed by atoms with Crippen molar-refractivity contribution in [2.24, 2.45) is 0 Å². The minimum absolute atomic E-state index is 0.237. The maximum Gasteiger partial charge on any atom is 0.248 e. The molecule has 0 aliphatic heterocycles. The lowest BCUT2D eigenvalue weighted by Gasteiger charge is -2.05. The van der Waals surface area contributed by atoms with Crippen LogP contribution in [0.4, 0.5) is 5.69 Å². The summed E-state index contributed by atoms with van der Waals surface area (Å²) >= 11 is 0. The van der Waals surface area contributed by atoms with Gasteiger partial charge in [0.05, 0.1) is 12.0 Å². The Morgan fingerprint density at radius 1 is 1.08 bits per heavy atom. The molecule has 6 heteroatoms. The summed E-state index contributed by atoms with van der Waals surface area (Å²) in [4.78, 5) is 13.7. The Kier molecular flexibility index (Phi) is 4.07. The van der Waals surface area contributed by atoms with Gasteiger partial charge in [-0.1, -0.05) is 18.2 Å². The maximum absolute atomic E-state index is 12.1. The van der Waals surface area contributed by atoms with Gasteiger partial charge in [-0.15, -0.1) is 10.2 Å². The quantitative estimate of drug-likeness (QED) is 0.569. The van der Waals surface area contributed by atoms with Crippen LogP contribution >= 0.6 is 0 Å². The summed E-state index contributed by atoms with van der Waals surface area (Å²) in [5, 5.41) is 11.9. The zero-order chi connectivity index (χ0) is 17.9. The zero-order valence-electron chi connectivity index (χ0n) is 14.1. The van der Waals surface area contributed by atoms with Gasteiger partial charge in [-0.2, -0.15) is 4.80 Å². The summed E-state index contributed by atoms with van der Waals surface area (Å²) in [5.74, 6) is 0.387. The first kappa shape index (κ1) is 15.8. The Morgan fingerprint density at radius 3 is 2.58 bits per heavy atom. The monoisotopic (exact) mass is 344 g/mol. The van der Waals surface area contributed by atoms with Gasteiger partial charge in [0.2, 0.25) is 5.91 Å². The van der Waals surface area contributed by atoms with Gasteiger partial charge < -0.3 is 9.73 Å². The number of aryl methyl sites for hydroxylation is 1. The number of carbonyl (C=O) groups is 1. The summed E-state index contributed by atoms with van der Waals surface area (Å²) in [6.45, 7) is 1.92. The van der Waals surface area contributed by atoms with E-state index in [9.17, 15) is 4.79 Å². The SMILES string of the molecule is Cc1cc2nn(-c3ccccc3)nc2cc1NC(=O)/C=C/c1ccco1. The number of amides is 1. The predicted octanol–water partition coefficient (Wildman–Crippen LogP) is 3.97. The van der Waals surface area contributed by atoms with Crippen LogP contribution in [0.5, 0.6) is 0 Å². The van der Waals surface area contributed by atoms with Gasteiger partial charge in [0.1, 0.15) is 16.8 Å². The standard InChI is InChI=1S/C20H16N4O2/c1-14-12-18-19(23-24(22-18)15-6-3-2-4-7-15)13-17(14)21-20(25)10-9-16-8-5-11-26-16/h2-13H,1H3,(H,21,25)/b10-9+. The number of anilines is 1. The highest BCUT2D eigenvalue weighted by Crippen LogP contribution is 2.22. The molecule has 1 N–H and O–H groups in total. The lowest BCUT2D eigenvalue weighted by molar-refractivity contribution is -0.111. The molecule has 4 rings (SSSR count).